The highest BCUT2D eigenvalue weighted by Crippen LogP contribution is 2.40. The molecule has 0 atom stereocenters. The Hall–Kier alpha value is -1.73. The summed E-state index contributed by atoms with van der Waals surface area (Å²) in [6.45, 7) is 13.1. The van der Waals surface area contributed by atoms with Crippen LogP contribution in [0.2, 0.25) is 0 Å². The van der Waals surface area contributed by atoms with Gasteiger partial charge in [0.15, 0.2) is 0 Å². The highest BCUT2D eigenvalue weighted by Gasteiger charge is 2.52. The molecule has 0 unspecified atom stereocenters. The molecule has 0 radical (unpaired) electrons. The smallest absolute Gasteiger partial charge is 0.444 e. The van der Waals surface area contributed by atoms with E-state index in [1.54, 1.807) is 20.8 Å². The number of nitrogens with zero attached hydrogens (tertiary/aromatic N) is 1. The van der Waals surface area contributed by atoms with Gasteiger partial charge < -0.3 is 23.1 Å². The zero-order chi connectivity index (χ0) is 27.6. The second-order valence-electron chi connectivity index (χ2n) is 11.0. The number of amides is 1. The van der Waals surface area contributed by atoms with E-state index in [0.717, 1.165) is 11.3 Å². The van der Waals surface area contributed by atoms with E-state index in [-0.39, 0.29) is 31.3 Å². The molecule has 36 heavy (non-hydrogen) atoms. The number of hydrogen-bond acceptors (Lipinski definition) is 7. The first-order chi connectivity index (χ1) is 16.2. The van der Waals surface area contributed by atoms with E-state index in [0.29, 0.717) is 0 Å². The zero-order valence-electron chi connectivity index (χ0n) is 22.0. The van der Waals surface area contributed by atoms with Gasteiger partial charge in [0, 0.05) is 6.54 Å². The van der Waals surface area contributed by atoms with E-state index in [1.165, 1.54) is 30.8 Å². The average Bonchev–Trinajstić information content (AvgIpc) is 2.94. The lowest BCUT2D eigenvalue weighted by Gasteiger charge is -2.32. The molecule has 1 saturated heterocycles. The monoisotopic (exact) mass is 539 g/mol. The molecule has 2 heterocycles. The van der Waals surface area contributed by atoms with Crippen molar-refractivity contribution in [3.63, 3.8) is 0 Å². The number of ether oxygens (including phenoxy) is 1. The van der Waals surface area contributed by atoms with Crippen LogP contribution in [0.1, 0.15) is 80.6 Å². The Morgan fingerprint density at radius 3 is 2.08 bits per heavy atom. The lowest BCUT2D eigenvalue weighted by Crippen LogP contribution is -2.41. The van der Waals surface area contributed by atoms with Crippen LogP contribution >= 0.6 is 0 Å². The predicted molar refractivity (Wildman–Crippen MR) is 129 cm³/mol. The Morgan fingerprint density at radius 1 is 1.03 bits per heavy atom. The molecule has 0 saturated carbocycles. The van der Waals surface area contributed by atoms with Crippen molar-refractivity contribution in [1.29, 1.82) is 0 Å². The molecule has 2 aliphatic heterocycles. The fraction of sp³-hybridized carbons (Fsp3) is 0.783. The second-order valence-corrected chi connectivity index (χ2v) is 12.5. The molecule has 0 N–H and O–H groups in total. The van der Waals surface area contributed by atoms with Crippen molar-refractivity contribution >= 4 is 23.3 Å². The van der Waals surface area contributed by atoms with Crippen LogP contribution in [0.4, 0.5) is 18.0 Å². The molecule has 0 aromatic heterocycles. The number of halogens is 3. The van der Waals surface area contributed by atoms with Crippen molar-refractivity contribution in [3.8, 4) is 0 Å². The van der Waals surface area contributed by atoms with Crippen molar-refractivity contribution in [1.82, 2.24) is 4.90 Å². The quantitative estimate of drug-likeness (QED) is 0.266. The first kappa shape index (κ1) is 30.5. The minimum atomic E-state index is -5.73. The van der Waals surface area contributed by atoms with Gasteiger partial charge in [0.25, 0.3) is 0 Å². The van der Waals surface area contributed by atoms with Crippen molar-refractivity contribution in [2.45, 2.75) is 103 Å². The van der Waals surface area contributed by atoms with Crippen LogP contribution in [0.5, 0.6) is 0 Å². The van der Waals surface area contributed by atoms with Crippen LogP contribution in [0, 0.1) is 0 Å². The fourth-order valence-electron chi connectivity index (χ4n) is 3.52. The van der Waals surface area contributed by atoms with Gasteiger partial charge in [-0.05, 0) is 92.1 Å². The predicted octanol–water partition coefficient (Wildman–Crippen LogP) is 5.50. The highest BCUT2D eigenvalue weighted by molar-refractivity contribution is 7.87. The molecule has 0 aromatic carbocycles. The molecular formula is C23H37BF3NO7S. The summed E-state index contributed by atoms with van der Waals surface area (Å²) in [7, 11) is -5.83. The van der Waals surface area contributed by atoms with E-state index in [2.05, 4.69) is 38.0 Å². The molecule has 8 nitrogen and oxygen atoms in total. The van der Waals surface area contributed by atoms with Gasteiger partial charge in [-0.2, -0.15) is 21.6 Å². The standard InChI is InChI=1S/C12H21BO2.C11H16F3NO5S/c1-11(2)12(3,4)15-13(14-11)10-8-6-5-7-9-10;1-10(2,3)19-9(16)15-6-4-5-8(7-15)20-21(17,18)11(12,13)14/h8H,5-7,9H2,1-4H3;5H,4,6-7H2,1-3H3. The van der Waals surface area contributed by atoms with Crippen LogP contribution in [0.3, 0.4) is 0 Å². The van der Waals surface area contributed by atoms with Crippen LogP contribution in [-0.4, -0.2) is 61.9 Å². The van der Waals surface area contributed by atoms with Gasteiger partial charge in [-0.15, -0.1) is 0 Å². The van der Waals surface area contributed by atoms with Gasteiger partial charge in [0.1, 0.15) is 11.4 Å². The van der Waals surface area contributed by atoms with E-state index >= 15 is 0 Å². The molecular weight excluding hydrogens is 502 g/mol. The van der Waals surface area contributed by atoms with Crippen molar-refractivity contribution in [3.05, 3.63) is 23.4 Å². The molecule has 0 spiro atoms. The summed E-state index contributed by atoms with van der Waals surface area (Å²) in [5, 5.41) is 0. The van der Waals surface area contributed by atoms with Crippen LogP contribution in [0.15, 0.2) is 23.4 Å². The number of carbonyl (C=O) groups excluding carboxylic acids is 1. The van der Waals surface area contributed by atoms with Crippen molar-refractivity contribution in [2.75, 3.05) is 13.1 Å². The molecule has 1 aliphatic carbocycles. The number of alkyl halides is 3. The molecule has 1 fully saturated rings. The maximum absolute atomic E-state index is 12.2. The van der Waals surface area contributed by atoms with E-state index < -0.39 is 39.6 Å². The van der Waals surface area contributed by atoms with E-state index in [9.17, 15) is 26.4 Å². The van der Waals surface area contributed by atoms with Crippen molar-refractivity contribution in [2.24, 2.45) is 0 Å². The third-order valence-corrected chi connectivity index (χ3v) is 7.15. The Kier molecular flexibility index (Phi) is 9.27. The average molecular weight is 539 g/mol. The van der Waals surface area contributed by atoms with Crippen LogP contribution in [-0.2, 0) is 28.3 Å². The van der Waals surface area contributed by atoms with Gasteiger partial charge in [-0.25, -0.2) is 4.79 Å². The molecule has 0 bridgehead atoms. The number of carbonyl (C=O) groups is 1. The molecule has 13 heteroatoms. The summed E-state index contributed by atoms with van der Waals surface area (Å²) in [6, 6.07) is 0. The largest absolute Gasteiger partial charge is 0.534 e. The summed E-state index contributed by atoms with van der Waals surface area (Å²) in [5.41, 5.74) is -5.33. The van der Waals surface area contributed by atoms with Gasteiger partial charge in [-0.3, -0.25) is 0 Å². The molecule has 1 amide bonds. The number of rotatable bonds is 3. The lowest BCUT2D eigenvalue weighted by molar-refractivity contribution is -0.0526. The van der Waals surface area contributed by atoms with Crippen LogP contribution < -0.4 is 0 Å². The molecule has 206 valence electrons. The van der Waals surface area contributed by atoms with Crippen molar-refractivity contribution < 1.29 is 44.6 Å². The topological polar surface area (TPSA) is 91.4 Å². The van der Waals surface area contributed by atoms with Gasteiger partial charge in [0.05, 0.1) is 17.7 Å². The Morgan fingerprint density at radius 2 is 1.61 bits per heavy atom. The maximum atomic E-state index is 12.2. The first-order valence-corrected chi connectivity index (χ1v) is 13.4. The third-order valence-electron chi connectivity index (χ3n) is 6.15. The summed E-state index contributed by atoms with van der Waals surface area (Å²) >= 11 is 0. The Bertz CT molecular complexity index is 953. The minimum absolute atomic E-state index is 0.102. The first-order valence-electron chi connectivity index (χ1n) is 12.0. The molecule has 3 rings (SSSR count). The highest BCUT2D eigenvalue weighted by atomic mass is 32.2. The summed E-state index contributed by atoms with van der Waals surface area (Å²) in [6.07, 6.45) is 7.81. The van der Waals surface area contributed by atoms with Gasteiger partial charge >= 0.3 is 28.8 Å². The van der Waals surface area contributed by atoms with Gasteiger partial charge in [0.2, 0.25) is 0 Å². The lowest BCUT2D eigenvalue weighted by atomic mass is 9.73. The Labute approximate surface area is 212 Å². The number of allylic oxidation sites excluding steroid dienone is 2. The maximum Gasteiger partial charge on any atom is 0.534 e. The Balaban J connectivity index is 0.000000267. The normalized spacial score (nSPS) is 22.2. The zero-order valence-corrected chi connectivity index (χ0v) is 22.8. The molecule has 0 aromatic rings. The summed E-state index contributed by atoms with van der Waals surface area (Å²) in [4.78, 5) is 12.8. The van der Waals surface area contributed by atoms with E-state index in [4.69, 9.17) is 14.0 Å². The van der Waals surface area contributed by atoms with E-state index in [1.807, 2.05) is 0 Å². The third kappa shape index (κ3) is 8.14. The van der Waals surface area contributed by atoms with Gasteiger partial charge in [-0.1, -0.05) is 6.08 Å². The summed E-state index contributed by atoms with van der Waals surface area (Å²) in [5.74, 6) is -0.454. The second kappa shape index (κ2) is 10.9. The SMILES string of the molecule is CC(C)(C)OC(=O)N1CCC=C(OS(=O)(=O)C(F)(F)F)C1.CC1(C)OB(C2=CCCCC2)OC1(C)C. The minimum Gasteiger partial charge on any atom is -0.444 e. The molecule has 3 aliphatic rings. The van der Waals surface area contributed by atoms with Crippen LogP contribution in [0.25, 0.3) is 0 Å². The fourth-order valence-corrected chi connectivity index (χ4v) is 4.01. The number of hydrogen-bond donors (Lipinski definition) is 0. The summed E-state index contributed by atoms with van der Waals surface area (Å²) < 4.78 is 79.6.